The number of halogens is 1. The smallest absolute Gasteiger partial charge is 0.264 e. The molecule has 2 aliphatic rings. The van der Waals surface area contributed by atoms with Gasteiger partial charge in [-0.05, 0) is 49.8 Å². The second-order valence-electron chi connectivity index (χ2n) is 8.28. The van der Waals surface area contributed by atoms with Crippen molar-refractivity contribution in [3.05, 3.63) is 52.5 Å². The van der Waals surface area contributed by atoms with E-state index in [-0.39, 0.29) is 18.3 Å². The van der Waals surface area contributed by atoms with Crippen LogP contribution in [0.15, 0.2) is 36.4 Å². The third-order valence-electron chi connectivity index (χ3n) is 6.44. The van der Waals surface area contributed by atoms with Crippen molar-refractivity contribution in [3.8, 4) is 0 Å². The molecule has 0 radical (unpaired) electrons. The molecule has 4 heterocycles. The van der Waals surface area contributed by atoms with Crippen LogP contribution in [0.2, 0.25) is 0 Å². The van der Waals surface area contributed by atoms with Crippen LogP contribution in [0.3, 0.4) is 0 Å². The zero-order valence-electron chi connectivity index (χ0n) is 16.7. The molecule has 0 atom stereocenters. The predicted molar refractivity (Wildman–Crippen MR) is 120 cm³/mol. The number of nitrogens with one attached hydrogen (secondary N) is 1. The van der Waals surface area contributed by atoms with Gasteiger partial charge in [0.05, 0.1) is 17.1 Å². The maximum Gasteiger partial charge on any atom is 0.264 e. The lowest BCUT2D eigenvalue weighted by molar-refractivity contribution is 0.0612. The molecule has 2 aromatic heterocycles. The fourth-order valence-electron chi connectivity index (χ4n) is 4.64. The number of fused-ring (bicyclic) bond motifs is 1. The second kappa shape index (κ2) is 8.09. The first-order valence-corrected chi connectivity index (χ1v) is 11.0. The summed E-state index contributed by atoms with van der Waals surface area (Å²) in [5, 5.41) is 9.30. The number of rotatable bonds is 3. The van der Waals surface area contributed by atoms with Gasteiger partial charge in [-0.1, -0.05) is 30.3 Å². The molecule has 5 rings (SSSR count). The third kappa shape index (κ3) is 3.81. The number of nitrogens with zero attached hydrogens (tertiary/aromatic N) is 3. The van der Waals surface area contributed by atoms with Crippen LogP contribution in [0.4, 0.5) is 0 Å². The highest BCUT2D eigenvalue weighted by Crippen LogP contribution is 2.38. The van der Waals surface area contributed by atoms with Crippen LogP contribution in [-0.2, 0) is 6.54 Å². The Kier molecular flexibility index (Phi) is 5.69. The number of benzene rings is 1. The molecule has 154 valence electrons. The predicted octanol–water partition coefficient (Wildman–Crippen LogP) is 4.09. The van der Waals surface area contributed by atoms with Gasteiger partial charge in [-0.25, -0.2) is 0 Å². The number of carbonyl (C=O) groups excluding carboxylic acids is 1. The maximum atomic E-state index is 13.1. The van der Waals surface area contributed by atoms with Crippen molar-refractivity contribution in [1.82, 2.24) is 20.0 Å². The first kappa shape index (κ1) is 20.4. The zero-order chi connectivity index (χ0) is 19.1. The van der Waals surface area contributed by atoms with Crippen molar-refractivity contribution < 1.29 is 4.79 Å². The topological polar surface area (TPSA) is 50.2 Å². The van der Waals surface area contributed by atoms with Crippen LogP contribution in [-0.4, -0.2) is 46.8 Å². The fraction of sp³-hybridized carbons (Fsp3) is 0.455. The van der Waals surface area contributed by atoms with E-state index in [2.05, 4.69) is 34.5 Å². The van der Waals surface area contributed by atoms with E-state index in [0.717, 1.165) is 66.4 Å². The van der Waals surface area contributed by atoms with Gasteiger partial charge in [0.1, 0.15) is 4.83 Å². The van der Waals surface area contributed by atoms with Gasteiger partial charge in [0.2, 0.25) is 0 Å². The Labute approximate surface area is 181 Å². The van der Waals surface area contributed by atoms with Crippen molar-refractivity contribution in [2.75, 3.05) is 26.2 Å². The summed E-state index contributed by atoms with van der Waals surface area (Å²) in [4.78, 5) is 17.1. The number of hydrogen-bond acceptors (Lipinski definition) is 4. The van der Waals surface area contributed by atoms with Gasteiger partial charge in [0.25, 0.3) is 5.91 Å². The molecule has 0 bridgehead atoms. The fourth-order valence-corrected chi connectivity index (χ4v) is 5.77. The average molecular weight is 431 g/mol. The number of aryl methyl sites for hydroxylation is 1. The SMILES string of the molecule is Cc1nn(Cc2ccccc2)c2sc(C(=O)N3CCC4(CCNC4)CC3)cc12.Cl. The number of likely N-dealkylation sites (tertiary alicyclic amines) is 1. The van der Waals surface area contributed by atoms with Gasteiger partial charge in [-0.15, -0.1) is 23.7 Å². The Morgan fingerprint density at radius 1 is 1.21 bits per heavy atom. The van der Waals surface area contributed by atoms with Gasteiger partial charge >= 0.3 is 0 Å². The Bertz CT molecular complexity index is 997. The summed E-state index contributed by atoms with van der Waals surface area (Å²) in [6.45, 7) is 6.77. The average Bonchev–Trinajstić information content (AvgIpc) is 3.42. The second-order valence-corrected chi connectivity index (χ2v) is 9.31. The summed E-state index contributed by atoms with van der Waals surface area (Å²) in [5.74, 6) is 0.188. The first-order valence-electron chi connectivity index (χ1n) is 10.1. The third-order valence-corrected chi connectivity index (χ3v) is 7.57. The van der Waals surface area contributed by atoms with Gasteiger partial charge in [0.15, 0.2) is 0 Å². The first-order chi connectivity index (χ1) is 13.6. The molecule has 0 unspecified atom stereocenters. The van der Waals surface area contributed by atoms with E-state index in [1.54, 1.807) is 11.3 Å². The van der Waals surface area contributed by atoms with Gasteiger partial charge in [-0.2, -0.15) is 5.10 Å². The van der Waals surface area contributed by atoms with E-state index in [1.807, 2.05) is 23.7 Å². The van der Waals surface area contributed by atoms with Crippen LogP contribution < -0.4 is 5.32 Å². The Morgan fingerprint density at radius 2 is 1.97 bits per heavy atom. The van der Waals surface area contributed by atoms with E-state index < -0.39 is 0 Å². The number of amides is 1. The molecular weight excluding hydrogens is 404 g/mol. The lowest BCUT2D eigenvalue weighted by atomic mass is 9.78. The monoisotopic (exact) mass is 430 g/mol. The van der Waals surface area contributed by atoms with Crippen LogP contribution in [0, 0.1) is 12.3 Å². The lowest BCUT2D eigenvalue weighted by Crippen LogP contribution is -2.43. The zero-order valence-corrected chi connectivity index (χ0v) is 18.3. The van der Waals surface area contributed by atoms with Crippen molar-refractivity contribution in [2.45, 2.75) is 32.7 Å². The minimum absolute atomic E-state index is 0. The molecule has 0 aliphatic carbocycles. The van der Waals surface area contributed by atoms with Crippen LogP contribution >= 0.6 is 23.7 Å². The van der Waals surface area contributed by atoms with E-state index in [4.69, 9.17) is 5.10 Å². The Balaban J connectivity index is 0.00000205. The van der Waals surface area contributed by atoms with Crippen LogP contribution in [0.5, 0.6) is 0 Å². The van der Waals surface area contributed by atoms with Crippen molar-refractivity contribution in [1.29, 1.82) is 0 Å². The van der Waals surface area contributed by atoms with Gasteiger partial charge < -0.3 is 10.2 Å². The van der Waals surface area contributed by atoms with E-state index in [0.29, 0.717) is 5.41 Å². The standard InChI is InChI=1S/C22H26N4OS.ClH/c1-16-18-13-19(20(27)25-11-8-22(9-12-25)7-10-23-15-22)28-21(18)26(24-16)14-17-5-3-2-4-6-17;/h2-6,13,23H,7-12,14-15H2,1H3;1H. The molecule has 2 saturated heterocycles. The lowest BCUT2D eigenvalue weighted by Gasteiger charge is -2.38. The summed E-state index contributed by atoms with van der Waals surface area (Å²) < 4.78 is 2.04. The highest BCUT2D eigenvalue weighted by atomic mass is 35.5. The molecule has 1 N–H and O–H groups in total. The minimum atomic E-state index is 0. The molecule has 7 heteroatoms. The summed E-state index contributed by atoms with van der Waals surface area (Å²) >= 11 is 1.59. The minimum Gasteiger partial charge on any atom is -0.338 e. The van der Waals surface area contributed by atoms with Crippen LogP contribution in [0.25, 0.3) is 10.2 Å². The number of piperidine rings is 1. The van der Waals surface area contributed by atoms with Gasteiger partial charge in [-0.3, -0.25) is 9.48 Å². The molecule has 1 spiro atoms. The molecule has 2 aliphatic heterocycles. The summed E-state index contributed by atoms with van der Waals surface area (Å²) in [6, 6.07) is 12.4. The molecular formula is C22H27ClN4OS. The molecule has 1 amide bonds. The maximum absolute atomic E-state index is 13.1. The van der Waals surface area contributed by atoms with E-state index >= 15 is 0 Å². The Morgan fingerprint density at radius 3 is 2.66 bits per heavy atom. The molecule has 29 heavy (non-hydrogen) atoms. The number of hydrogen-bond donors (Lipinski definition) is 1. The Hall–Kier alpha value is -1.89. The van der Waals surface area contributed by atoms with Gasteiger partial charge in [0, 0.05) is 25.0 Å². The highest BCUT2D eigenvalue weighted by molar-refractivity contribution is 7.20. The van der Waals surface area contributed by atoms with Crippen molar-refractivity contribution in [3.63, 3.8) is 0 Å². The quantitative estimate of drug-likeness (QED) is 0.680. The molecule has 3 aromatic rings. The number of carbonyl (C=O) groups is 1. The number of aromatic nitrogens is 2. The molecule has 0 saturated carbocycles. The van der Waals surface area contributed by atoms with Crippen LogP contribution in [0.1, 0.15) is 40.2 Å². The molecule has 2 fully saturated rings. The summed E-state index contributed by atoms with van der Waals surface area (Å²) in [5.41, 5.74) is 2.65. The normalized spacial score (nSPS) is 18.3. The summed E-state index contributed by atoms with van der Waals surface area (Å²) in [6.07, 6.45) is 3.50. The van der Waals surface area contributed by atoms with E-state index in [9.17, 15) is 4.79 Å². The largest absolute Gasteiger partial charge is 0.338 e. The molecule has 5 nitrogen and oxygen atoms in total. The van der Waals surface area contributed by atoms with Crippen molar-refractivity contribution >= 4 is 39.9 Å². The highest BCUT2D eigenvalue weighted by Gasteiger charge is 2.38. The van der Waals surface area contributed by atoms with Crippen molar-refractivity contribution in [2.24, 2.45) is 5.41 Å². The van der Waals surface area contributed by atoms with E-state index in [1.165, 1.54) is 12.0 Å². The molecule has 1 aromatic carbocycles. The number of thiophene rings is 1. The summed E-state index contributed by atoms with van der Waals surface area (Å²) in [7, 11) is 0.